The fraction of sp³-hybridized carbons (Fsp3) is 0.429. The van der Waals surface area contributed by atoms with Crippen LogP contribution in [0.1, 0.15) is 41.9 Å². The number of nitrogens with one attached hydrogen (secondary N) is 1. The third-order valence-corrected chi connectivity index (χ3v) is 5.74. The minimum absolute atomic E-state index is 0.0527. The lowest BCUT2D eigenvalue weighted by molar-refractivity contribution is -0.132. The number of aryl methyl sites for hydroxylation is 2. The van der Waals surface area contributed by atoms with Crippen molar-refractivity contribution in [3.05, 3.63) is 58.5 Å². The van der Waals surface area contributed by atoms with Crippen LogP contribution in [-0.2, 0) is 18.3 Å². The van der Waals surface area contributed by atoms with E-state index in [0.717, 1.165) is 0 Å². The van der Waals surface area contributed by atoms with E-state index >= 15 is 0 Å². The maximum atomic E-state index is 13.3. The molecule has 0 aromatic carbocycles. The predicted octanol–water partition coefficient (Wildman–Crippen LogP) is 1.94. The second kappa shape index (κ2) is 8.25. The zero-order valence-electron chi connectivity index (χ0n) is 16.8. The molecule has 1 amide bonds. The van der Waals surface area contributed by atoms with Crippen LogP contribution in [0.3, 0.4) is 0 Å². The number of aromatic amines is 1. The minimum atomic E-state index is -0.460. The number of piperidine rings is 1. The summed E-state index contributed by atoms with van der Waals surface area (Å²) < 4.78 is 16.5. The molecule has 0 saturated carbocycles. The van der Waals surface area contributed by atoms with E-state index in [1.807, 2.05) is 0 Å². The van der Waals surface area contributed by atoms with E-state index in [1.165, 1.54) is 16.7 Å². The van der Waals surface area contributed by atoms with Crippen molar-refractivity contribution in [2.75, 3.05) is 13.1 Å². The van der Waals surface area contributed by atoms with E-state index in [0.29, 0.717) is 56.6 Å². The maximum Gasteiger partial charge on any atom is 0.272 e. The van der Waals surface area contributed by atoms with Gasteiger partial charge in [-0.3, -0.25) is 14.4 Å². The largest absolute Gasteiger partial charge is 0.343 e. The van der Waals surface area contributed by atoms with E-state index in [1.54, 1.807) is 35.2 Å². The van der Waals surface area contributed by atoms with Gasteiger partial charge in [0.2, 0.25) is 5.91 Å². The van der Waals surface area contributed by atoms with Crippen LogP contribution in [0.25, 0.3) is 5.52 Å². The summed E-state index contributed by atoms with van der Waals surface area (Å²) in [5.41, 5.74) is 1.18. The zero-order chi connectivity index (χ0) is 21.3. The number of likely N-dealkylation sites (tertiary alicyclic amines) is 1. The maximum absolute atomic E-state index is 13.3. The van der Waals surface area contributed by atoms with Crippen molar-refractivity contribution in [2.45, 2.75) is 32.1 Å². The van der Waals surface area contributed by atoms with Gasteiger partial charge in [-0.25, -0.2) is 9.37 Å². The molecule has 4 rings (SSSR count). The van der Waals surface area contributed by atoms with Gasteiger partial charge in [-0.1, -0.05) is 0 Å². The zero-order valence-corrected chi connectivity index (χ0v) is 16.8. The highest BCUT2D eigenvalue weighted by Gasteiger charge is 2.28. The molecule has 0 radical (unpaired) electrons. The monoisotopic (exact) mass is 413 g/mol. The molecule has 0 bridgehead atoms. The number of Topliss-reactive ketones (excluding diaryl/α,β-unsaturated/α-hetero) is 1. The van der Waals surface area contributed by atoms with Crippen molar-refractivity contribution < 1.29 is 14.0 Å². The van der Waals surface area contributed by atoms with Gasteiger partial charge in [0, 0.05) is 56.6 Å². The number of fused-ring (bicyclic) bond motifs is 1. The van der Waals surface area contributed by atoms with Gasteiger partial charge in [0.15, 0.2) is 5.78 Å². The molecule has 0 aliphatic carbocycles. The number of imidazole rings is 1. The second-order valence-corrected chi connectivity index (χ2v) is 7.82. The minimum Gasteiger partial charge on any atom is -0.343 e. The van der Waals surface area contributed by atoms with Crippen LogP contribution < -0.4 is 5.56 Å². The molecule has 4 heterocycles. The Morgan fingerprint density at radius 3 is 2.73 bits per heavy atom. The number of ketones is 1. The lowest BCUT2D eigenvalue weighted by atomic mass is 9.91. The average Bonchev–Trinajstić information content (AvgIpc) is 3.32. The van der Waals surface area contributed by atoms with Crippen LogP contribution in [0.15, 0.2) is 35.8 Å². The van der Waals surface area contributed by atoms with Crippen LogP contribution >= 0.6 is 0 Å². The normalized spacial score (nSPS) is 15.1. The number of H-pyrrole nitrogens is 1. The molecular weight excluding hydrogens is 389 g/mol. The van der Waals surface area contributed by atoms with Gasteiger partial charge in [0.05, 0.1) is 12.5 Å². The smallest absolute Gasteiger partial charge is 0.272 e. The van der Waals surface area contributed by atoms with Gasteiger partial charge in [0.25, 0.3) is 5.56 Å². The Bertz CT molecular complexity index is 1140. The highest BCUT2D eigenvalue weighted by atomic mass is 19.1. The summed E-state index contributed by atoms with van der Waals surface area (Å²) in [4.78, 5) is 45.7. The first-order chi connectivity index (χ1) is 14.4. The van der Waals surface area contributed by atoms with Crippen LogP contribution in [0.2, 0.25) is 0 Å². The Labute approximate surface area is 172 Å². The number of hydrogen-bond donors (Lipinski definition) is 1. The number of halogens is 1. The third kappa shape index (κ3) is 4.05. The molecule has 1 aliphatic rings. The van der Waals surface area contributed by atoms with Crippen molar-refractivity contribution in [3.8, 4) is 0 Å². The first kappa shape index (κ1) is 20.1. The Kier molecular flexibility index (Phi) is 5.52. The fourth-order valence-electron chi connectivity index (χ4n) is 4.05. The first-order valence-electron chi connectivity index (χ1n) is 10.1. The molecule has 0 atom stereocenters. The van der Waals surface area contributed by atoms with Crippen molar-refractivity contribution in [2.24, 2.45) is 13.0 Å². The highest BCUT2D eigenvalue weighted by Crippen LogP contribution is 2.22. The molecule has 1 saturated heterocycles. The molecule has 158 valence electrons. The molecule has 8 nitrogen and oxygen atoms in total. The first-order valence-corrected chi connectivity index (χ1v) is 10.1. The summed E-state index contributed by atoms with van der Waals surface area (Å²) in [5, 5.41) is 0. The van der Waals surface area contributed by atoms with Crippen LogP contribution in [0.5, 0.6) is 0 Å². The molecule has 9 heteroatoms. The van der Waals surface area contributed by atoms with E-state index in [2.05, 4.69) is 9.97 Å². The van der Waals surface area contributed by atoms with Crippen molar-refractivity contribution in [1.82, 2.24) is 23.8 Å². The van der Waals surface area contributed by atoms with Crippen LogP contribution in [0.4, 0.5) is 4.39 Å². The molecule has 3 aromatic heterocycles. The second-order valence-electron chi connectivity index (χ2n) is 7.82. The fourth-order valence-corrected chi connectivity index (χ4v) is 4.05. The van der Waals surface area contributed by atoms with Crippen molar-refractivity contribution >= 4 is 17.2 Å². The van der Waals surface area contributed by atoms with Gasteiger partial charge in [-0.15, -0.1) is 0 Å². The Morgan fingerprint density at radius 1 is 1.27 bits per heavy atom. The Morgan fingerprint density at radius 2 is 2.03 bits per heavy atom. The van der Waals surface area contributed by atoms with E-state index in [9.17, 15) is 18.8 Å². The van der Waals surface area contributed by atoms with Crippen molar-refractivity contribution in [1.29, 1.82) is 0 Å². The molecule has 1 aliphatic heterocycles. The van der Waals surface area contributed by atoms with E-state index in [4.69, 9.17) is 0 Å². The van der Waals surface area contributed by atoms with Crippen LogP contribution in [0, 0.1) is 11.7 Å². The number of carbonyl (C=O) groups is 2. The summed E-state index contributed by atoms with van der Waals surface area (Å²) in [6, 6.07) is 1.19. The molecule has 1 fully saturated rings. The summed E-state index contributed by atoms with van der Waals surface area (Å²) >= 11 is 0. The molecular formula is C21H24FN5O3. The summed E-state index contributed by atoms with van der Waals surface area (Å²) in [6.07, 6.45) is 8.91. The van der Waals surface area contributed by atoms with E-state index < -0.39 is 5.82 Å². The van der Waals surface area contributed by atoms with Gasteiger partial charge < -0.3 is 18.9 Å². The highest BCUT2D eigenvalue weighted by molar-refractivity contribution is 5.96. The number of nitrogens with zero attached hydrogens (tertiary/aromatic N) is 4. The van der Waals surface area contributed by atoms with Crippen molar-refractivity contribution in [3.63, 3.8) is 0 Å². The SMILES string of the molecule is Cn1cncc1C(=O)C1CCN(C(=O)CCCc2cn3cc(F)cc3c(=O)[nH]2)CC1. The van der Waals surface area contributed by atoms with Crippen LogP contribution in [-0.4, -0.2) is 48.6 Å². The topological polar surface area (TPSA) is 92.5 Å². The number of aromatic nitrogens is 4. The number of rotatable bonds is 6. The summed E-state index contributed by atoms with van der Waals surface area (Å²) in [7, 11) is 1.80. The average molecular weight is 413 g/mol. The lowest BCUT2D eigenvalue weighted by Gasteiger charge is -2.31. The quantitative estimate of drug-likeness (QED) is 0.625. The molecule has 0 spiro atoms. The molecule has 30 heavy (non-hydrogen) atoms. The summed E-state index contributed by atoms with van der Waals surface area (Å²) in [5.74, 6) is -0.402. The molecule has 3 aromatic rings. The van der Waals surface area contributed by atoms with Gasteiger partial charge in [0.1, 0.15) is 17.0 Å². The van der Waals surface area contributed by atoms with E-state index in [-0.39, 0.29) is 28.7 Å². The summed E-state index contributed by atoms with van der Waals surface area (Å²) in [6.45, 7) is 1.14. The molecule has 0 unspecified atom stereocenters. The number of hydrogen-bond acceptors (Lipinski definition) is 4. The van der Waals surface area contributed by atoms with Gasteiger partial charge in [-0.2, -0.15) is 0 Å². The van der Waals surface area contributed by atoms with Gasteiger partial charge >= 0.3 is 0 Å². The standard InChI is InChI=1S/C21H24FN5O3/c1-25-13-23-10-18(25)20(29)14-5-7-26(8-6-14)19(28)4-2-3-16-12-27-11-15(22)9-17(27)21(30)24-16/h9-14H,2-8H2,1H3,(H,24,30). The molecule has 1 N–H and O–H groups in total. The third-order valence-electron chi connectivity index (χ3n) is 5.74. The van der Waals surface area contributed by atoms with Gasteiger partial charge in [-0.05, 0) is 25.7 Å². The predicted molar refractivity (Wildman–Crippen MR) is 108 cm³/mol. The number of carbonyl (C=O) groups excluding carboxylic acids is 2. The Hall–Kier alpha value is -3.23. The lowest BCUT2D eigenvalue weighted by Crippen LogP contribution is -2.40. The number of amides is 1. The Balaban J connectivity index is 1.27.